The number of nitrogens with zero attached hydrogens (tertiary/aromatic N) is 1. The van der Waals surface area contributed by atoms with Gasteiger partial charge in [-0.25, -0.2) is 0 Å². The number of aryl methyl sites for hydroxylation is 1. The third kappa shape index (κ3) is 1.82. The minimum absolute atomic E-state index is 0.174. The smallest absolute Gasteiger partial charge is 0.272 e. The number of nitrogens with two attached hydrogens (primary N) is 1. The fraction of sp³-hybridized carbons (Fsp3) is 0.412. The van der Waals surface area contributed by atoms with Gasteiger partial charge in [-0.2, -0.15) is 0 Å². The van der Waals surface area contributed by atoms with E-state index in [0.717, 1.165) is 53.7 Å². The second-order valence-corrected chi connectivity index (χ2v) is 6.51. The molecule has 0 radical (unpaired) electrons. The Morgan fingerprint density at radius 3 is 3.05 bits per heavy atom. The van der Waals surface area contributed by atoms with Gasteiger partial charge in [0.05, 0.1) is 24.3 Å². The maximum absolute atomic E-state index is 12.8. The molecule has 22 heavy (non-hydrogen) atoms. The van der Waals surface area contributed by atoms with Crippen LogP contribution >= 0.6 is 0 Å². The van der Waals surface area contributed by atoms with Crippen molar-refractivity contribution in [1.29, 1.82) is 0 Å². The van der Waals surface area contributed by atoms with Crippen molar-refractivity contribution in [3.8, 4) is 0 Å². The number of carbonyl (C=O) groups is 1. The van der Waals surface area contributed by atoms with Gasteiger partial charge in [0.1, 0.15) is 6.04 Å². The van der Waals surface area contributed by atoms with E-state index in [2.05, 4.69) is 16.7 Å². The van der Waals surface area contributed by atoms with Crippen LogP contribution in [0.5, 0.6) is 0 Å². The van der Waals surface area contributed by atoms with Crippen LogP contribution in [-0.4, -0.2) is 23.6 Å². The molecule has 1 aliphatic carbocycles. The van der Waals surface area contributed by atoms with Gasteiger partial charge in [-0.3, -0.25) is 9.59 Å². The molecule has 2 aliphatic rings. The molecular formula is C17H20N3O2+. The molecular weight excluding hydrogens is 278 g/mol. The summed E-state index contributed by atoms with van der Waals surface area (Å²) in [6.45, 7) is 4.08. The number of nitrogens with one attached hydrogen (secondary N) is 1. The zero-order chi connectivity index (χ0) is 15.4. The fourth-order valence-electron chi connectivity index (χ4n) is 4.21. The molecule has 0 saturated heterocycles. The zero-order valence-electron chi connectivity index (χ0n) is 12.7. The number of hydrogen-bond donors (Lipinski definition) is 2. The SMILES string of the molecule is Cc1ccc2c(c1)c(=O)c1c3n2CC[NH+](CC(N)=O)[C@@H]3CC1. The topological polar surface area (TPSA) is 69.5 Å². The van der Waals surface area contributed by atoms with Crippen LogP contribution in [0.2, 0.25) is 0 Å². The summed E-state index contributed by atoms with van der Waals surface area (Å²) >= 11 is 0. The fourth-order valence-corrected chi connectivity index (χ4v) is 4.21. The molecule has 1 amide bonds. The molecule has 1 aromatic heterocycles. The second-order valence-electron chi connectivity index (χ2n) is 6.51. The molecule has 3 N–H and O–H groups in total. The number of quaternary nitrogens is 1. The molecule has 0 saturated carbocycles. The molecule has 5 heteroatoms. The van der Waals surface area contributed by atoms with E-state index in [9.17, 15) is 9.59 Å². The van der Waals surface area contributed by atoms with Crippen molar-refractivity contribution in [2.24, 2.45) is 5.73 Å². The lowest BCUT2D eigenvalue weighted by atomic mass is 10.0. The number of hydrogen-bond acceptors (Lipinski definition) is 2. The van der Waals surface area contributed by atoms with E-state index in [-0.39, 0.29) is 17.4 Å². The van der Waals surface area contributed by atoms with Gasteiger partial charge in [-0.05, 0) is 25.5 Å². The third-order valence-electron chi connectivity index (χ3n) is 5.13. The molecule has 4 rings (SSSR count). The number of primary amides is 1. The monoisotopic (exact) mass is 298 g/mol. The van der Waals surface area contributed by atoms with Gasteiger partial charge < -0.3 is 15.2 Å². The van der Waals surface area contributed by atoms with Crippen molar-refractivity contribution in [1.82, 2.24) is 4.57 Å². The Morgan fingerprint density at radius 2 is 2.27 bits per heavy atom. The number of pyridine rings is 1. The van der Waals surface area contributed by atoms with E-state index in [1.54, 1.807) is 0 Å². The Kier molecular flexibility index (Phi) is 2.87. The first kappa shape index (κ1) is 13.5. The lowest BCUT2D eigenvalue weighted by molar-refractivity contribution is -0.928. The highest BCUT2D eigenvalue weighted by Crippen LogP contribution is 2.31. The Bertz CT molecular complexity index is 853. The Balaban J connectivity index is 1.96. The summed E-state index contributed by atoms with van der Waals surface area (Å²) in [6.07, 6.45) is 1.74. The minimum Gasteiger partial charge on any atom is -0.365 e. The van der Waals surface area contributed by atoms with Crippen LogP contribution in [0.1, 0.15) is 29.3 Å². The van der Waals surface area contributed by atoms with Crippen LogP contribution in [0.25, 0.3) is 10.9 Å². The van der Waals surface area contributed by atoms with Crippen LogP contribution in [0.15, 0.2) is 23.0 Å². The molecule has 0 fully saturated rings. The first-order valence-corrected chi connectivity index (χ1v) is 7.85. The molecule has 2 aromatic rings. The maximum Gasteiger partial charge on any atom is 0.272 e. The van der Waals surface area contributed by atoms with Gasteiger partial charge in [0.15, 0.2) is 12.0 Å². The van der Waals surface area contributed by atoms with Gasteiger partial charge in [0, 0.05) is 17.4 Å². The van der Waals surface area contributed by atoms with Crippen molar-refractivity contribution in [2.75, 3.05) is 13.1 Å². The lowest BCUT2D eigenvalue weighted by Crippen LogP contribution is -3.14. The number of benzene rings is 1. The average Bonchev–Trinajstić information content (AvgIpc) is 2.92. The molecule has 114 valence electrons. The summed E-state index contributed by atoms with van der Waals surface area (Å²) in [5, 5.41) is 0.831. The molecule has 0 bridgehead atoms. The van der Waals surface area contributed by atoms with Crippen molar-refractivity contribution in [2.45, 2.75) is 32.4 Å². The number of aromatic nitrogens is 1. The van der Waals surface area contributed by atoms with Gasteiger partial charge in [0.25, 0.3) is 5.91 Å². The third-order valence-corrected chi connectivity index (χ3v) is 5.13. The van der Waals surface area contributed by atoms with Gasteiger partial charge in [0.2, 0.25) is 0 Å². The first-order chi connectivity index (χ1) is 10.6. The lowest BCUT2D eigenvalue weighted by Gasteiger charge is -2.33. The summed E-state index contributed by atoms with van der Waals surface area (Å²) in [5.41, 5.74) is 9.79. The Hall–Kier alpha value is -2.14. The molecule has 1 aliphatic heterocycles. The van der Waals surface area contributed by atoms with Crippen molar-refractivity contribution in [3.05, 3.63) is 45.2 Å². The predicted molar refractivity (Wildman–Crippen MR) is 83.9 cm³/mol. The Labute approximate surface area is 128 Å². The summed E-state index contributed by atoms with van der Waals surface area (Å²) in [6, 6.07) is 6.34. The number of amides is 1. The van der Waals surface area contributed by atoms with Crippen LogP contribution in [0, 0.1) is 6.92 Å². The Morgan fingerprint density at radius 1 is 1.45 bits per heavy atom. The predicted octanol–water partition coefficient (Wildman–Crippen LogP) is -0.319. The second kappa shape index (κ2) is 4.68. The van der Waals surface area contributed by atoms with E-state index in [1.165, 1.54) is 4.90 Å². The van der Waals surface area contributed by atoms with E-state index >= 15 is 0 Å². The molecule has 2 heterocycles. The standard InChI is InChI=1S/C17H19N3O2/c1-10-2-4-13-12(8-10)17(22)11-3-5-14-16(11)20(13)7-6-19(14)9-15(18)21/h2,4,8,14H,3,5-7,9H2,1H3,(H2,18,21)/p+1/t14-/m1/s1. The largest absolute Gasteiger partial charge is 0.365 e. The van der Waals surface area contributed by atoms with Crippen molar-refractivity contribution < 1.29 is 9.69 Å². The van der Waals surface area contributed by atoms with Crippen LogP contribution in [0.4, 0.5) is 0 Å². The first-order valence-electron chi connectivity index (χ1n) is 7.85. The summed E-state index contributed by atoms with van der Waals surface area (Å²) < 4.78 is 2.30. The molecule has 0 spiro atoms. The van der Waals surface area contributed by atoms with Crippen molar-refractivity contribution >= 4 is 16.8 Å². The summed E-state index contributed by atoms with van der Waals surface area (Å²) in [4.78, 5) is 25.3. The molecule has 5 nitrogen and oxygen atoms in total. The average molecular weight is 298 g/mol. The normalized spacial score (nSPS) is 22.8. The number of fused-ring (bicyclic) bond motifs is 2. The number of rotatable bonds is 2. The summed E-state index contributed by atoms with van der Waals surface area (Å²) in [7, 11) is 0. The summed E-state index contributed by atoms with van der Waals surface area (Å²) in [5.74, 6) is -0.268. The van der Waals surface area contributed by atoms with Crippen LogP contribution in [0.3, 0.4) is 0 Å². The minimum atomic E-state index is -0.268. The van der Waals surface area contributed by atoms with Crippen molar-refractivity contribution in [3.63, 3.8) is 0 Å². The van der Waals surface area contributed by atoms with E-state index in [1.807, 2.05) is 13.0 Å². The van der Waals surface area contributed by atoms with Gasteiger partial charge >= 0.3 is 0 Å². The highest BCUT2D eigenvalue weighted by Gasteiger charge is 2.39. The van der Waals surface area contributed by atoms with E-state index < -0.39 is 0 Å². The highest BCUT2D eigenvalue weighted by molar-refractivity contribution is 5.81. The van der Waals surface area contributed by atoms with E-state index in [4.69, 9.17) is 5.73 Å². The maximum atomic E-state index is 12.8. The van der Waals surface area contributed by atoms with E-state index in [0.29, 0.717) is 6.54 Å². The molecule has 2 atom stereocenters. The number of carbonyl (C=O) groups excluding carboxylic acids is 1. The highest BCUT2D eigenvalue weighted by atomic mass is 16.1. The quantitative estimate of drug-likeness (QED) is 0.798. The molecule has 1 unspecified atom stereocenters. The zero-order valence-corrected chi connectivity index (χ0v) is 12.7. The van der Waals surface area contributed by atoms with Gasteiger partial charge in [-0.15, -0.1) is 0 Å². The molecule has 1 aromatic carbocycles. The van der Waals surface area contributed by atoms with Crippen LogP contribution < -0.4 is 16.1 Å². The van der Waals surface area contributed by atoms with Gasteiger partial charge in [-0.1, -0.05) is 11.6 Å². The van der Waals surface area contributed by atoms with Crippen LogP contribution in [-0.2, 0) is 17.8 Å².